The van der Waals surface area contributed by atoms with Gasteiger partial charge in [-0.2, -0.15) is 5.26 Å². The summed E-state index contributed by atoms with van der Waals surface area (Å²) in [5, 5.41) is 15.1. The van der Waals surface area contributed by atoms with Crippen molar-refractivity contribution in [1.82, 2.24) is 10.6 Å². The molecule has 28 heavy (non-hydrogen) atoms. The van der Waals surface area contributed by atoms with Gasteiger partial charge in [0, 0.05) is 12.7 Å². The van der Waals surface area contributed by atoms with E-state index in [0.717, 1.165) is 13.0 Å². The summed E-state index contributed by atoms with van der Waals surface area (Å²) < 4.78 is 4.49. The van der Waals surface area contributed by atoms with E-state index in [0.29, 0.717) is 5.11 Å². The normalized spacial score (nSPS) is 11.0. The van der Waals surface area contributed by atoms with Crippen LogP contribution in [0.25, 0.3) is 0 Å². The van der Waals surface area contributed by atoms with Crippen LogP contribution in [-0.2, 0) is 9.53 Å². The van der Waals surface area contributed by atoms with Gasteiger partial charge in [-0.15, -0.1) is 0 Å². The Kier molecular flexibility index (Phi) is 19.0. The van der Waals surface area contributed by atoms with Crippen LogP contribution in [0.5, 0.6) is 0 Å². The molecule has 0 heterocycles. The molecular weight excluding hydrogens is 370 g/mol. The second-order valence-corrected chi connectivity index (χ2v) is 7.57. The lowest BCUT2D eigenvalue weighted by molar-refractivity contribution is -0.135. The van der Waals surface area contributed by atoms with E-state index in [9.17, 15) is 4.79 Å². The minimum absolute atomic E-state index is 0.108. The molecule has 0 aliphatic heterocycles. The Balaban J connectivity index is 3.41. The quantitative estimate of drug-likeness (QED) is 0.108. The van der Waals surface area contributed by atoms with Crippen LogP contribution in [0.4, 0.5) is 0 Å². The van der Waals surface area contributed by atoms with Gasteiger partial charge in [0.05, 0.1) is 7.11 Å². The highest BCUT2D eigenvalue weighted by Crippen LogP contribution is 2.12. The molecule has 0 aliphatic carbocycles. The first-order chi connectivity index (χ1) is 13.7. The summed E-state index contributed by atoms with van der Waals surface area (Å²) in [7, 11) is 1.24. The van der Waals surface area contributed by atoms with E-state index >= 15 is 0 Å². The predicted molar refractivity (Wildman–Crippen MR) is 120 cm³/mol. The molecule has 0 amide bonds. The molecule has 0 atom stereocenters. The molecule has 0 fully saturated rings. The molecule has 0 aliphatic rings. The molecule has 2 N–H and O–H groups in total. The SMILES string of the molecule is CCCCCCCCCCCCCCCCNC(=S)N/C=C(\C#N)C(=O)OC. The van der Waals surface area contributed by atoms with Crippen molar-refractivity contribution in [2.45, 2.75) is 96.8 Å². The van der Waals surface area contributed by atoms with Gasteiger partial charge in [-0.25, -0.2) is 4.79 Å². The van der Waals surface area contributed by atoms with Gasteiger partial charge in [0.15, 0.2) is 10.7 Å². The third kappa shape index (κ3) is 16.6. The molecule has 0 bridgehead atoms. The molecular formula is C22H39N3O2S. The smallest absolute Gasteiger partial charge is 0.350 e. The maximum absolute atomic E-state index is 11.2. The zero-order valence-electron chi connectivity index (χ0n) is 17.9. The van der Waals surface area contributed by atoms with Crippen LogP contribution in [-0.4, -0.2) is 24.7 Å². The summed E-state index contributed by atoms with van der Waals surface area (Å²) in [6.45, 7) is 3.06. The Bertz CT molecular complexity index is 487. The fraction of sp³-hybridized carbons (Fsp3) is 0.773. The van der Waals surface area contributed by atoms with E-state index in [-0.39, 0.29) is 5.57 Å². The molecule has 0 aromatic carbocycles. The van der Waals surface area contributed by atoms with Crippen molar-refractivity contribution in [3.05, 3.63) is 11.8 Å². The van der Waals surface area contributed by atoms with Crippen molar-refractivity contribution < 1.29 is 9.53 Å². The van der Waals surface area contributed by atoms with Gasteiger partial charge < -0.3 is 15.4 Å². The van der Waals surface area contributed by atoms with Crippen molar-refractivity contribution in [3.8, 4) is 6.07 Å². The maximum Gasteiger partial charge on any atom is 0.350 e. The first-order valence-electron chi connectivity index (χ1n) is 10.9. The van der Waals surface area contributed by atoms with Crippen LogP contribution in [0.2, 0.25) is 0 Å². The number of carbonyl (C=O) groups excluding carboxylic acids is 1. The van der Waals surface area contributed by atoms with Crippen molar-refractivity contribution in [1.29, 1.82) is 5.26 Å². The molecule has 0 unspecified atom stereocenters. The third-order valence-corrected chi connectivity index (χ3v) is 4.95. The second kappa shape index (κ2) is 20.1. The number of ether oxygens (including phenoxy) is 1. The summed E-state index contributed by atoms with van der Waals surface area (Å²) in [6, 6.07) is 1.77. The summed E-state index contributed by atoms with van der Waals surface area (Å²) in [4.78, 5) is 11.2. The van der Waals surface area contributed by atoms with Crippen LogP contribution in [0.1, 0.15) is 96.8 Å². The van der Waals surface area contributed by atoms with Gasteiger partial charge in [0.25, 0.3) is 0 Å². The van der Waals surface area contributed by atoms with Crippen LogP contribution < -0.4 is 10.6 Å². The monoisotopic (exact) mass is 409 g/mol. The number of nitriles is 1. The molecule has 0 rings (SSSR count). The first kappa shape index (κ1) is 26.4. The Labute approximate surface area is 177 Å². The van der Waals surface area contributed by atoms with E-state index in [1.165, 1.54) is 96.8 Å². The number of unbranched alkanes of at least 4 members (excludes halogenated alkanes) is 13. The van der Waals surface area contributed by atoms with Crippen molar-refractivity contribution >= 4 is 23.3 Å². The van der Waals surface area contributed by atoms with Gasteiger partial charge in [-0.1, -0.05) is 90.4 Å². The van der Waals surface area contributed by atoms with Crippen molar-refractivity contribution in [2.75, 3.05) is 13.7 Å². The number of rotatable bonds is 17. The Hall–Kier alpha value is -1.61. The van der Waals surface area contributed by atoms with Gasteiger partial charge in [0.2, 0.25) is 0 Å². The highest BCUT2D eigenvalue weighted by Gasteiger charge is 2.07. The fourth-order valence-electron chi connectivity index (χ4n) is 2.96. The van der Waals surface area contributed by atoms with Gasteiger partial charge in [-0.05, 0) is 18.6 Å². The maximum atomic E-state index is 11.2. The Morgan fingerprint density at radius 2 is 1.39 bits per heavy atom. The zero-order valence-corrected chi connectivity index (χ0v) is 18.7. The summed E-state index contributed by atoms with van der Waals surface area (Å²) >= 11 is 5.11. The minimum Gasteiger partial charge on any atom is -0.465 e. The summed E-state index contributed by atoms with van der Waals surface area (Å²) in [5.74, 6) is -0.676. The molecule has 0 saturated carbocycles. The lowest BCUT2D eigenvalue weighted by Crippen LogP contribution is -2.33. The average molecular weight is 410 g/mol. The number of thiocarbonyl (C=S) groups is 1. The highest BCUT2D eigenvalue weighted by atomic mass is 32.1. The fourth-order valence-corrected chi connectivity index (χ4v) is 3.12. The van der Waals surface area contributed by atoms with E-state index < -0.39 is 5.97 Å². The molecule has 0 aromatic heterocycles. The number of esters is 1. The largest absolute Gasteiger partial charge is 0.465 e. The number of nitrogens with zero attached hydrogens (tertiary/aromatic N) is 1. The molecule has 6 heteroatoms. The van der Waals surface area contributed by atoms with Gasteiger partial charge in [0.1, 0.15) is 6.07 Å². The molecule has 5 nitrogen and oxygen atoms in total. The topological polar surface area (TPSA) is 74.1 Å². The van der Waals surface area contributed by atoms with E-state index in [1.54, 1.807) is 6.07 Å². The second-order valence-electron chi connectivity index (χ2n) is 7.16. The number of hydrogen-bond acceptors (Lipinski definition) is 4. The van der Waals surface area contributed by atoms with Crippen LogP contribution in [0.3, 0.4) is 0 Å². The zero-order chi connectivity index (χ0) is 20.9. The molecule has 0 aromatic rings. The van der Waals surface area contributed by atoms with E-state index in [1.807, 2.05) is 0 Å². The predicted octanol–water partition coefficient (Wildman–Crippen LogP) is 5.51. The summed E-state index contributed by atoms with van der Waals surface area (Å²) in [5.41, 5.74) is -0.108. The lowest BCUT2D eigenvalue weighted by Gasteiger charge is -2.08. The first-order valence-corrected chi connectivity index (χ1v) is 11.3. The standard InChI is InChI=1S/C22H39N3O2S/c1-3-4-5-6-7-8-9-10-11-12-13-14-15-16-17-24-22(28)25-19-20(18-23)21(26)27-2/h19H,3-17H2,1-2H3,(H2,24,25,28)/b20-19+. The number of methoxy groups -OCH3 is 1. The van der Waals surface area contributed by atoms with Gasteiger partial charge in [-0.3, -0.25) is 0 Å². The Morgan fingerprint density at radius 3 is 1.82 bits per heavy atom. The number of carbonyl (C=O) groups is 1. The average Bonchev–Trinajstić information content (AvgIpc) is 2.71. The van der Waals surface area contributed by atoms with Crippen molar-refractivity contribution in [2.24, 2.45) is 0 Å². The summed E-state index contributed by atoms with van der Waals surface area (Å²) in [6.07, 6.45) is 20.0. The van der Waals surface area contributed by atoms with Crippen LogP contribution in [0.15, 0.2) is 11.8 Å². The van der Waals surface area contributed by atoms with E-state index in [4.69, 9.17) is 17.5 Å². The third-order valence-electron chi connectivity index (χ3n) is 4.69. The lowest BCUT2D eigenvalue weighted by atomic mass is 10.0. The Morgan fingerprint density at radius 1 is 0.929 bits per heavy atom. The minimum atomic E-state index is -0.676. The molecule has 0 saturated heterocycles. The van der Waals surface area contributed by atoms with Crippen molar-refractivity contribution in [3.63, 3.8) is 0 Å². The molecule has 0 radical (unpaired) electrons. The van der Waals surface area contributed by atoms with Crippen LogP contribution >= 0.6 is 12.2 Å². The van der Waals surface area contributed by atoms with Crippen LogP contribution in [0, 0.1) is 11.3 Å². The van der Waals surface area contributed by atoms with E-state index in [2.05, 4.69) is 22.3 Å². The number of nitrogens with one attached hydrogen (secondary N) is 2. The number of hydrogen-bond donors (Lipinski definition) is 2. The highest BCUT2D eigenvalue weighted by molar-refractivity contribution is 7.80. The molecule has 0 spiro atoms. The molecule has 160 valence electrons. The van der Waals surface area contributed by atoms with Gasteiger partial charge >= 0.3 is 5.97 Å².